The van der Waals surface area contributed by atoms with E-state index in [2.05, 4.69) is 20.4 Å². The standard InChI is InChI=1S/C16H12Cl2F3N3O3/c1-8(25)23-13-3-2-10(5-11(13)17)24-14(26)9-4-12(18)15(22-6-9)27-7-16(19,20)21/h2-6H,7H2,1H3,(H,23,25)(H,24,26). The van der Waals surface area contributed by atoms with Gasteiger partial charge in [-0.25, -0.2) is 4.98 Å². The van der Waals surface area contributed by atoms with Gasteiger partial charge in [0.05, 0.1) is 16.3 Å². The summed E-state index contributed by atoms with van der Waals surface area (Å²) in [6.45, 7) is -0.227. The third-order valence-electron chi connectivity index (χ3n) is 2.98. The van der Waals surface area contributed by atoms with Gasteiger partial charge in [-0.2, -0.15) is 13.2 Å². The van der Waals surface area contributed by atoms with Crippen LogP contribution in [-0.2, 0) is 4.79 Å². The van der Waals surface area contributed by atoms with Crippen LogP contribution in [0.25, 0.3) is 0 Å². The lowest BCUT2D eigenvalue weighted by molar-refractivity contribution is -0.154. The fraction of sp³-hybridized carbons (Fsp3) is 0.188. The number of pyridine rings is 1. The molecule has 2 rings (SSSR count). The Hall–Kier alpha value is -2.52. The lowest BCUT2D eigenvalue weighted by atomic mass is 10.2. The summed E-state index contributed by atoms with van der Waals surface area (Å²) in [7, 11) is 0. The minimum absolute atomic E-state index is 0.00131. The maximum absolute atomic E-state index is 12.2. The molecule has 2 amide bonds. The molecule has 0 fully saturated rings. The topological polar surface area (TPSA) is 80.3 Å². The van der Waals surface area contributed by atoms with Crippen LogP contribution in [0.4, 0.5) is 24.5 Å². The molecular weight excluding hydrogens is 410 g/mol. The number of ether oxygens (including phenoxy) is 1. The van der Waals surface area contributed by atoms with Gasteiger partial charge < -0.3 is 15.4 Å². The van der Waals surface area contributed by atoms with Crippen molar-refractivity contribution in [3.8, 4) is 5.88 Å². The van der Waals surface area contributed by atoms with E-state index in [0.717, 1.165) is 12.3 Å². The fourth-order valence-electron chi connectivity index (χ4n) is 1.89. The van der Waals surface area contributed by atoms with Gasteiger partial charge in [-0.05, 0) is 24.3 Å². The molecule has 0 saturated heterocycles. The predicted molar refractivity (Wildman–Crippen MR) is 94.5 cm³/mol. The molecule has 2 aromatic rings. The summed E-state index contributed by atoms with van der Waals surface area (Å²) in [5.74, 6) is -1.36. The Bertz CT molecular complexity index is 876. The molecule has 0 aliphatic rings. The fourth-order valence-corrected chi connectivity index (χ4v) is 2.34. The quantitative estimate of drug-likeness (QED) is 0.742. The normalized spacial score (nSPS) is 11.0. The van der Waals surface area contributed by atoms with E-state index in [1.165, 1.54) is 25.1 Å². The number of nitrogens with one attached hydrogen (secondary N) is 2. The van der Waals surface area contributed by atoms with Gasteiger partial charge in [-0.1, -0.05) is 23.2 Å². The third kappa shape index (κ3) is 6.30. The number of carbonyl (C=O) groups is 2. The Morgan fingerprint density at radius 2 is 1.85 bits per heavy atom. The molecule has 11 heteroatoms. The van der Waals surface area contributed by atoms with E-state index in [-0.39, 0.29) is 21.5 Å². The van der Waals surface area contributed by atoms with Gasteiger partial charge in [0.15, 0.2) is 6.61 Å². The predicted octanol–water partition coefficient (Wildman–Crippen LogP) is 4.54. The van der Waals surface area contributed by atoms with Gasteiger partial charge >= 0.3 is 6.18 Å². The smallest absolute Gasteiger partial charge is 0.422 e. The zero-order valence-electron chi connectivity index (χ0n) is 13.7. The monoisotopic (exact) mass is 421 g/mol. The lowest BCUT2D eigenvalue weighted by Gasteiger charge is -2.11. The summed E-state index contributed by atoms with van der Waals surface area (Å²) in [4.78, 5) is 26.9. The Morgan fingerprint density at radius 3 is 2.41 bits per heavy atom. The largest absolute Gasteiger partial charge is 0.467 e. The van der Waals surface area contributed by atoms with Crippen LogP contribution in [0.5, 0.6) is 5.88 Å². The third-order valence-corrected chi connectivity index (χ3v) is 3.56. The van der Waals surface area contributed by atoms with E-state index in [4.69, 9.17) is 23.2 Å². The van der Waals surface area contributed by atoms with Crippen LogP contribution in [0.15, 0.2) is 30.5 Å². The SMILES string of the molecule is CC(=O)Nc1ccc(NC(=O)c2cnc(OCC(F)(F)F)c(Cl)c2)cc1Cl. The summed E-state index contributed by atoms with van der Waals surface area (Å²) in [5.41, 5.74) is 0.701. The number of hydrogen-bond donors (Lipinski definition) is 2. The molecule has 1 heterocycles. The van der Waals surface area contributed by atoms with E-state index in [1.807, 2.05) is 0 Å². The highest BCUT2D eigenvalue weighted by molar-refractivity contribution is 6.34. The summed E-state index contributed by atoms with van der Waals surface area (Å²) in [6.07, 6.45) is -3.51. The average Bonchev–Trinajstić information content (AvgIpc) is 2.55. The first-order valence-electron chi connectivity index (χ1n) is 7.29. The molecule has 0 aliphatic heterocycles. The second-order valence-electron chi connectivity index (χ2n) is 5.24. The van der Waals surface area contributed by atoms with Crippen molar-refractivity contribution in [1.29, 1.82) is 0 Å². The number of aromatic nitrogens is 1. The second-order valence-corrected chi connectivity index (χ2v) is 6.06. The van der Waals surface area contributed by atoms with Crippen molar-refractivity contribution >= 4 is 46.4 Å². The molecule has 0 atom stereocenters. The molecule has 0 aliphatic carbocycles. The van der Waals surface area contributed by atoms with E-state index < -0.39 is 24.6 Å². The molecule has 6 nitrogen and oxygen atoms in total. The van der Waals surface area contributed by atoms with Gasteiger partial charge in [0, 0.05) is 18.8 Å². The first-order valence-corrected chi connectivity index (χ1v) is 8.04. The molecule has 0 unspecified atom stereocenters. The molecule has 27 heavy (non-hydrogen) atoms. The number of anilines is 2. The highest BCUT2D eigenvalue weighted by Crippen LogP contribution is 2.27. The van der Waals surface area contributed by atoms with Gasteiger partial charge in [0.2, 0.25) is 11.8 Å². The van der Waals surface area contributed by atoms with Gasteiger partial charge in [0.1, 0.15) is 5.02 Å². The number of benzene rings is 1. The molecule has 1 aromatic carbocycles. The minimum atomic E-state index is -4.54. The first-order chi connectivity index (χ1) is 12.5. The van der Waals surface area contributed by atoms with E-state index in [9.17, 15) is 22.8 Å². The highest BCUT2D eigenvalue weighted by Gasteiger charge is 2.29. The summed E-state index contributed by atoms with van der Waals surface area (Å²) in [6, 6.07) is 5.55. The van der Waals surface area contributed by atoms with Gasteiger partial charge in [0.25, 0.3) is 5.91 Å². The molecule has 0 radical (unpaired) electrons. The molecule has 144 valence electrons. The maximum Gasteiger partial charge on any atom is 0.422 e. The zero-order valence-corrected chi connectivity index (χ0v) is 15.2. The number of halogens is 5. The van der Waals surface area contributed by atoms with Crippen LogP contribution in [0.2, 0.25) is 10.0 Å². The van der Waals surface area contributed by atoms with Crippen molar-refractivity contribution in [3.63, 3.8) is 0 Å². The number of alkyl halides is 3. The van der Waals surface area contributed by atoms with Crippen LogP contribution in [0.1, 0.15) is 17.3 Å². The summed E-state index contributed by atoms with van der Waals surface area (Å²) < 4.78 is 40.9. The summed E-state index contributed by atoms with van der Waals surface area (Å²) in [5, 5.41) is 5.00. The number of nitrogens with zero attached hydrogens (tertiary/aromatic N) is 1. The van der Waals surface area contributed by atoms with Gasteiger partial charge in [-0.15, -0.1) is 0 Å². The van der Waals surface area contributed by atoms with Gasteiger partial charge in [-0.3, -0.25) is 9.59 Å². The van der Waals surface area contributed by atoms with Crippen molar-refractivity contribution in [2.75, 3.05) is 17.2 Å². The maximum atomic E-state index is 12.2. The van der Waals surface area contributed by atoms with E-state index in [1.54, 1.807) is 0 Å². The number of carbonyl (C=O) groups excluding carboxylic acids is 2. The van der Waals surface area contributed by atoms with E-state index >= 15 is 0 Å². The lowest BCUT2D eigenvalue weighted by Crippen LogP contribution is -2.20. The van der Waals surface area contributed by atoms with Crippen LogP contribution in [-0.4, -0.2) is 29.6 Å². The van der Waals surface area contributed by atoms with Crippen LogP contribution < -0.4 is 15.4 Å². The minimum Gasteiger partial charge on any atom is -0.467 e. The molecule has 2 N–H and O–H groups in total. The molecular formula is C16H12Cl2F3N3O3. The summed E-state index contributed by atoms with van der Waals surface area (Å²) >= 11 is 11.8. The Kier molecular flexibility index (Phi) is 6.50. The van der Waals surface area contributed by atoms with Crippen LogP contribution in [0.3, 0.4) is 0 Å². The molecule has 0 saturated carbocycles. The molecule has 0 bridgehead atoms. The average molecular weight is 422 g/mol. The molecule has 0 spiro atoms. The number of rotatable bonds is 5. The molecule has 1 aromatic heterocycles. The van der Waals surface area contributed by atoms with Crippen molar-refractivity contribution < 1.29 is 27.5 Å². The van der Waals surface area contributed by atoms with E-state index in [0.29, 0.717) is 11.4 Å². The first kappa shape index (κ1) is 20.8. The second kappa shape index (κ2) is 8.45. The van der Waals surface area contributed by atoms with Crippen LogP contribution in [0, 0.1) is 0 Å². The number of hydrogen-bond acceptors (Lipinski definition) is 4. The van der Waals surface area contributed by atoms with Crippen molar-refractivity contribution in [2.24, 2.45) is 0 Å². The Morgan fingerprint density at radius 1 is 1.15 bits per heavy atom. The van der Waals surface area contributed by atoms with Crippen molar-refractivity contribution in [3.05, 3.63) is 46.1 Å². The zero-order chi connectivity index (χ0) is 20.2. The Balaban J connectivity index is 2.08. The van der Waals surface area contributed by atoms with Crippen molar-refractivity contribution in [2.45, 2.75) is 13.1 Å². The number of amides is 2. The van der Waals surface area contributed by atoms with Crippen LogP contribution >= 0.6 is 23.2 Å². The highest BCUT2D eigenvalue weighted by atomic mass is 35.5. The Labute approximate surface area is 161 Å². The van der Waals surface area contributed by atoms with Crippen molar-refractivity contribution in [1.82, 2.24) is 4.98 Å².